The molecule has 0 aliphatic rings. The van der Waals surface area contributed by atoms with Crippen molar-refractivity contribution in [3.8, 4) is 11.6 Å². The normalized spacial score (nSPS) is 11.8. The number of anilines is 1. The van der Waals surface area contributed by atoms with Crippen molar-refractivity contribution < 1.29 is 9.53 Å². The lowest BCUT2D eigenvalue weighted by Crippen LogP contribution is -2.33. The molecule has 8 nitrogen and oxygen atoms in total. The fraction of sp³-hybridized carbons (Fsp3) is 0.222. The first kappa shape index (κ1) is 17.4. The topological polar surface area (TPSA) is 91.0 Å². The van der Waals surface area contributed by atoms with Gasteiger partial charge < -0.3 is 10.1 Å². The van der Waals surface area contributed by atoms with Crippen molar-refractivity contribution in [3.63, 3.8) is 0 Å². The number of amides is 1. The Morgan fingerprint density at radius 2 is 2.04 bits per heavy atom. The molecule has 2 aromatic heterocycles. The number of hydrogen-bond acceptors (Lipinski definition) is 5. The molecule has 1 N–H and O–H groups in total. The quantitative estimate of drug-likeness (QED) is 0.732. The van der Waals surface area contributed by atoms with Gasteiger partial charge in [-0.15, -0.1) is 5.10 Å². The molecule has 1 aromatic carbocycles. The van der Waals surface area contributed by atoms with E-state index in [1.165, 1.54) is 10.7 Å². The minimum Gasteiger partial charge on any atom is -0.492 e. The maximum absolute atomic E-state index is 12.6. The number of nitrogens with one attached hydrogen (secondary N) is 1. The Balaban J connectivity index is 1.85. The molecule has 134 valence electrons. The van der Waals surface area contributed by atoms with Crippen molar-refractivity contribution in [1.29, 1.82) is 0 Å². The molecule has 0 saturated heterocycles. The zero-order chi connectivity index (χ0) is 18.5. The maximum Gasteiger partial charge on any atom is 0.267 e. The van der Waals surface area contributed by atoms with Crippen molar-refractivity contribution in [2.75, 3.05) is 11.9 Å². The van der Waals surface area contributed by atoms with Crippen LogP contribution in [-0.2, 0) is 4.79 Å². The molecule has 3 rings (SSSR count). The summed E-state index contributed by atoms with van der Waals surface area (Å²) in [7, 11) is 0. The highest BCUT2D eigenvalue weighted by atomic mass is 16.5. The van der Waals surface area contributed by atoms with Gasteiger partial charge in [0.25, 0.3) is 5.56 Å². The van der Waals surface area contributed by atoms with E-state index in [9.17, 15) is 9.59 Å². The Bertz CT molecular complexity index is 949. The Kier molecular flexibility index (Phi) is 5.12. The minimum absolute atomic E-state index is 0.371. The van der Waals surface area contributed by atoms with Gasteiger partial charge in [0.15, 0.2) is 5.82 Å². The summed E-state index contributed by atoms with van der Waals surface area (Å²) in [5.74, 6) is 0.648. The van der Waals surface area contributed by atoms with Gasteiger partial charge in [0.05, 0.1) is 12.3 Å². The molecule has 1 amide bonds. The van der Waals surface area contributed by atoms with Crippen LogP contribution in [0.1, 0.15) is 19.9 Å². The number of aromatic nitrogens is 4. The molecule has 0 aliphatic carbocycles. The monoisotopic (exact) mass is 353 g/mol. The Morgan fingerprint density at radius 1 is 1.23 bits per heavy atom. The number of ether oxygens (including phenoxy) is 1. The largest absolute Gasteiger partial charge is 0.492 e. The van der Waals surface area contributed by atoms with Gasteiger partial charge in [-0.25, -0.2) is 9.36 Å². The Hall–Kier alpha value is -3.42. The van der Waals surface area contributed by atoms with Gasteiger partial charge in [-0.2, -0.15) is 5.10 Å². The van der Waals surface area contributed by atoms with E-state index in [2.05, 4.69) is 15.5 Å². The van der Waals surface area contributed by atoms with Gasteiger partial charge in [0.1, 0.15) is 11.8 Å². The first-order valence-corrected chi connectivity index (χ1v) is 8.22. The second kappa shape index (κ2) is 7.64. The summed E-state index contributed by atoms with van der Waals surface area (Å²) in [4.78, 5) is 24.8. The van der Waals surface area contributed by atoms with Crippen molar-refractivity contribution in [2.45, 2.75) is 19.9 Å². The molecule has 0 aliphatic heterocycles. The van der Waals surface area contributed by atoms with Gasteiger partial charge in [-0.05, 0) is 38.1 Å². The van der Waals surface area contributed by atoms with E-state index < -0.39 is 6.04 Å². The number of benzene rings is 1. The van der Waals surface area contributed by atoms with E-state index in [0.29, 0.717) is 23.9 Å². The van der Waals surface area contributed by atoms with E-state index in [1.807, 2.05) is 13.0 Å². The van der Waals surface area contributed by atoms with Crippen LogP contribution < -0.4 is 15.6 Å². The second-order valence-corrected chi connectivity index (χ2v) is 5.52. The SMILES string of the molecule is CCOc1ccccc1NC(=O)C(C)n1nc(-n2cccn2)ccc1=O. The highest BCUT2D eigenvalue weighted by Gasteiger charge is 2.19. The fourth-order valence-electron chi connectivity index (χ4n) is 2.42. The molecule has 8 heteroatoms. The lowest BCUT2D eigenvalue weighted by molar-refractivity contribution is -0.119. The number of carbonyl (C=O) groups is 1. The second-order valence-electron chi connectivity index (χ2n) is 5.52. The molecule has 2 heterocycles. The highest BCUT2D eigenvalue weighted by molar-refractivity contribution is 5.94. The number of hydrogen-bond donors (Lipinski definition) is 1. The molecule has 0 bridgehead atoms. The molecule has 0 saturated carbocycles. The van der Waals surface area contributed by atoms with Crippen LogP contribution in [0.3, 0.4) is 0 Å². The van der Waals surface area contributed by atoms with Crippen LogP contribution in [0.2, 0.25) is 0 Å². The van der Waals surface area contributed by atoms with Crippen molar-refractivity contribution in [1.82, 2.24) is 19.6 Å². The van der Waals surface area contributed by atoms with E-state index in [-0.39, 0.29) is 11.5 Å². The molecule has 26 heavy (non-hydrogen) atoms. The average Bonchev–Trinajstić information content (AvgIpc) is 3.18. The van der Waals surface area contributed by atoms with Gasteiger partial charge in [-0.1, -0.05) is 12.1 Å². The number of para-hydroxylation sites is 2. The Labute approximate surface area is 150 Å². The van der Waals surface area contributed by atoms with Crippen LogP contribution in [0.5, 0.6) is 5.75 Å². The smallest absolute Gasteiger partial charge is 0.267 e. The number of rotatable bonds is 6. The summed E-state index contributed by atoms with van der Waals surface area (Å²) >= 11 is 0. The first-order chi connectivity index (χ1) is 12.6. The summed E-state index contributed by atoms with van der Waals surface area (Å²) < 4.78 is 8.16. The van der Waals surface area contributed by atoms with Crippen molar-refractivity contribution >= 4 is 11.6 Å². The van der Waals surface area contributed by atoms with Crippen molar-refractivity contribution in [3.05, 3.63) is 65.2 Å². The predicted molar refractivity (Wildman–Crippen MR) is 96.6 cm³/mol. The van der Waals surface area contributed by atoms with Gasteiger partial charge in [-0.3, -0.25) is 9.59 Å². The lowest BCUT2D eigenvalue weighted by Gasteiger charge is -2.16. The molecule has 3 aromatic rings. The predicted octanol–water partition coefficient (Wildman–Crippen LogP) is 2.03. The molecular formula is C18H19N5O3. The third-order valence-electron chi connectivity index (χ3n) is 3.74. The molecule has 1 atom stereocenters. The standard InChI is InChI=1S/C18H19N5O3/c1-3-26-15-8-5-4-7-14(15)20-18(25)13(2)23-17(24)10-9-16(21-23)22-12-6-11-19-22/h4-13H,3H2,1-2H3,(H,20,25). The maximum atomic E-state index is 12.6. The summed E-state index contributed by atoms with van der Waals surface area (Å²) in [5, 5.41) is 11.1. The average molecular weight is 353 g/mol. The number of carbonyl (C=O) groups excluding carboxylic acids is 1. The van der Waals surface area contributed by atoms with Crippen LogP contribution in [0.4, 0.5) is 5.69 Å². The summed E-state index contributed by atoms with van der Waals surface area (Å²) in [5.41, 5.74) is 0.170. The van der Waals surface area contributed by atoms with Crippen LogP contribution in [0, 0.1) is 0 Å². The Morgan fingerprint density at radius 3 is 2.77 bits per heavy atom. The van der Waals surface area contributed by atoms with Crippen LogP contribution in [-0.4, -0.2) is 32.1 Å². The van der Waals surface area contributed by atoms with E-state index in [1.54, 1.807) is 49.6 Å². The van der Waals surface area contributed by atoms with E-state index in [0.717, 1.165) is 4.68 Å². The molecular weight excluding hydrogens is 334 g/mol. The van der Waals surface area contributed by atoms with Gasteiger partial charge in [0, 0.05) is 18.5 Å². The van der Waals surface area contributed by atoms with Gasteiger partial charge in [0.2, 0.25) is 5.91 Å². The van der Waals surface area contributed by atoms with Crippen LogP contribution in [0.25, 0.3) is 5.82 Å². The van der Waals surface area contributed by atoms with E-state index >= 15 is 0 Å². The zero-order valence-electron chi connectivity index (χ0n) is 14.5. The molecule has 0 fully saturated rings. The third-order valence-corrected chi connectivity index (χ3v) is 3.74. The van der Waals surface area contributed by atoms with Crippen LogP contribution in [0.15, 0.2) is 59.7 Å². The summed E-state index contributed by atoms with van der Waals surface area (Å²) in [6.45, 7) is 3.96. The minimum atomic E-state index is -0.812. The fourth-order valence-corrected chi connectivity index (χ4v) is 2.42. The lowest BCUT2D eigenvalue weighted by atomic mass is 10.2. The first-order valence-electron chi connectivity index (χ1n) is 8.22. The summed E-state index contributed by atoms with van der Waals surface area (Å²) in [6, 6.07) is 11.0. The third kappa shape index (κ3) is 3.64. The van der Waals surface area contributed by atoms with Crippen LogP contribution >= 0.6 is 0 Å². The number of nitrogens with zero attached hydrogens (tertiary/aromatic N) is 4. The van der Waals surface area contributed by atoms with Gasteiger partial charge >= 0.3 is 0 Å². The molecule has 1 unspecified atom stereocenters. The zero-order valence-corrected chi connectivity index (χ0v) is 14.5. The highest BCUT2D eigenvalue weighted by Crippen LogP contribution is 2.24. The van der Waals surface area contributed by atoms with Crippen molar-refractivity contribution in [2.24, 2.45) is 0 Å². The van der Waals surface area contributed by atoms with E-state index in [4.69, 9.17) is 4.74 Å². The summed E-state index contributed by atoms with van der Waals surface area (Å²) in [6.07, 6.45) is 3.32. The molecule has 0 radical (unpaired) electrons. The molecule has 0 spiro atoms.